The summed E-state index contributed by atoms with van der Waals surface area (Å²) < 4.78 is 6.08. The molecule has 2 aromatic rings. The van der Waals surface area contributed by atoms with Gasteiger partial charge in [-0.2, -0.15) is 5.26 Å². The Bertz CT molecular complexity index is 688. The minimum absolute atomic E-state index is 0.155. The molecule has 0 fully saturated rings. The Balaban J connectivity index is 2.37. The Morgan fingerprint density at radius 1 is 1.55 bits per heavy atom. The van der Waals surface area contributed by atoms with Gasteiger partial charge in [-0.05, 0) is 18.2 Å². The lowest BCUT2D eigenvalue weighted by molar-refractivity contribution is 0.0803. The maximum Gasteiger partial charge on any atom is 0.265 e. The summed E-state index contributed by atoms with van der Waals surface area (Å²) in [4.78, 5) is 14.3. The highest BCUT2D eigenvalue weighted by Gasteiger charge is 2.19. The molecule has 0 saturated heterocycles. The van der Waals surface area contributed by atoms with E-state index in [0.29, 0.717) is 23.5 Å². The lowest BCUT2D eigenvalue weighted by atomic mass is 10.2. The molecule has 104 valence electrons. The highest BCUT2D eigenvalue weighted by atomic mass is 32.1. The molecule has 1 aromatic carbocycles. The summed E-state index contributed by atoms with van der Waals surface area (Å²) in [5.74, 6) is 0.577. The van der Waals surface area contributed by atoms with Gasteiger partial charge in [0.15, 0.2) is 0 Å². The van der Waals surface area contributed by atoms with Gasteiger partial charge in [-0.1, -0.05) is 0 Å². The third-order valence-electron chi connectivity index (χ3n) is 3.04. The van der Waals surface area contributed by atoms with E-state index in [1.54, 1.807) is 14.2 Å². The Hall–Kier alpha value is -2.26. The summed E-state index contributed by atoms with van der Waals surface area (Å²) in [5, 5.41) is 9.42. The monoisotopic (exact) mass is 289 g/mol. The fraction of sp³-hybridized carbons (Fsp3) is 0.286. The number of rotatable bonds is 4. The predicted molar refractivity (Wildman–Crippen MR) is 80.0 cm³/mol. The first kappa shape index (κ1) is 14.2. The lowest BCUT2D eigenvalue weighted by Crippen LogP contribution is -2.27. The fourth-order valence-electron chi connectivity index (χ4n) is 1.88. The van der Waals surface area contributed by atoms with Crippen LogP contribution in [0.2, 0.25) is 0 Å². The topological polar surface area (TPSA) is 79.3 Å². The first-order valence-corrected chi connectivity index (χ1v) is 6.88. The van der Waals surface area contributed by atoms with Gasteiger partial charge in [0.05, 0.1) is 25.3 Å². The molecule has 20 heavy (non-hydrogen) atoms. The van der Waals surface area contributed by atoms with Crippen molar-refractivity contribution in [1.29, 1.82) is 5.26 Å². The zero-order valence-corrected chi connectivity index (χ0v) is 12.2. The van der Waals surface area contributed by atoms with Crippen LogP contribution in [0.3, 0.4) is 0 Å². The standard InChI is InChI=1S/C14H15N3O2S/c1-17(7-3-6-15)14(18)13-12(16)10-5-4-9(19-2)8-11(10)20-13/h4-5,8H,3,7,16H2,1-2H3. The number of thiophene rings is 1. The molecule has 0 spiro atoms. The molecular weight excluding hydrogens is 274 g/mol. The number of anilines is 1. The molecule has 0 aliphatic heterocycles. The second-order valence-electron chi connectivity index (χ2n) is 4.34. The van der Waals surface area contributed by atoms with Gasteiger partial charge in [0, 0.05) is 23.7 Å². The Morgan fingerprint density at radius 3 is 2.95 bits per heavy atom. The van der Waals surface area contributed by atoms with Gasteiger partial charge in [-0.15, -0.1) is 11.3 Å². The number of benzene rings is 1. The zero-order valence-electron chi connectivity index (χ0n) is 11.3. The van der Waals surface area contributed by atoms with Crippen molar-refractivity contribution in [2.75, 3.05) is 26.4 Å². The zero-order chi connectivity index (χ0) is 14.7. The number of carbonyl (C=O) groups is 1. The van der Waals surface area contributed by atoms with Crippen molar-refractivity contribution in [3.05, 3.63) is 23.1 Å². The molecule has 0 radical (unpaired) electrons. The molecule has 6 heteroatoms. The minimum atomic E-state index is -0.155. The predicted octanol–water partition coefficient (Wildman–Crippen LogP) is 2.48. The van der Waals surface area contributed by atoms with Gasteiger partial charge in [-0.25, -0.2) is 0 Å². The molecule has 0 aliphatic rings. The second kappa shape index (κ2) is 5.80. The lowest BCUT2D eigenvalue weighted by Gasteiger charge is -2.14. The highest BCUT2D eigenvalue weighted by molar-refractivity contribution is 7.21. The average molecular weight is 289 g/mol. The van der Waals surface area contributed by atoms with Crippen LogP contribution in [-0.4, -0.2) is 31.5 Å². The molecule has 0 atom stereocenters. The van der Waals surface area contributed by atoms with E-state index in [4.69, 9.17) is 15.7 Å². The molecule has 0 saturated carbocycles. The molecule has 5 nitrogen and oxygen atoms in total. The summed E-state index contributed by atoms with van der Waals surface area (Å²) >= 11 is 1.34. The largest absolute Gasteiger partial charge is 0.497 e. The number of fused-ring (bicyclic) bond motifs is 1. The van der Waals surface area contributed by atoms with Crippen molar-refractivity contribution in [1.82, 2.24) is 4.90 Å². The molecule has 1 aromatic heterocycles. The minimum Gasteiger partial charge on any atom is -0.497 e. The number of ether oxygens (including phenoxy) is 1. The summed E-state index contributed by atoms with van der Waals surface area (Å²) in [6, 6.07) is 7.56. The van der Waals surface area contributed by atoms with Gasteiger partial charge in [0.1, 0.15) is 10.6 Å². The first-order valence-electron chi connectivity index (χ1n) is 6.07. The Morgan fingerprint density at radius 2 is 2.30 bits per heavy atom. The normalized spacial score (nSPS) is 10.2. The van der Waals surface area contributed by atoms with Crippen molar-refractivity contribution in [2.45, 2.75) is 6.42 Å². The molecule has 0 bridgehead atoms. The number of nitrogens with zero attached hydrogens (tertiary/aromatic N) is 2. The number of nitrogens with two attached hydrogens (primary N) is 1. The molecule has 1 heterocycles. The Labute approximate surface area is 121 Å². The van der Waals surface area contributed by atoms with E-state index in [9.17, 15) is 4.79 Å². The first-order chi connectivity index (χ1) is 9.58. The summed E-state index contributed by atoms with van der Waals surface area (Å²) in [5.41, 5.74) is 6.54. The molecule has 1 amide bonds. The number of nitriles is 1. The van der Waals surface area contributed by atoms with Crippen LogP contribution < -0.4 is 10.5 Å². The van der Waals surface area contributed by atoms with E-state index in [2.05, 4.69) is 0 Å². The van der Waals surface area contributed by atoms with Crippen molar-refractivity contribution in [3.8, 4) is 11.8 Å². The SMILES string of the molecule is COc1ccc2c(N)c(C(=O)N(C)CCC#N)sc2c1. The summed E-state index contributed by atoms with van der Waals surface area (Å²) in [6.07, 6.45) is 0.306. The Kier molecular flexibility index (Phi) is 4.11. The second-order valence-corrected chi connectivity index (χ2v) is 5.39. The van der Waals surface area contributed by atoms with Crippen LogP contribution in [0.15, 0.2) is 18.2 Å². The van der Waals surface area contributed by atoms with Gasteiger partial charge in [0.2, 0.25) is 0 Å². The van der Waals surface area contributed by atoms with E-state index in [0.717, 1.165) is 15.8 Å². The van der Waals surface area contributed by atoms with Crippen molar-refractivity contribution in [2.24, 2.45) is 0 Å². The quantitative estimate of drug-likeness (QED) is 0.937. The van der Waals surface area contributed by atoms with Crippen LogP contribution in [-0.2, 0) is 0 Å². The van der Waals surface area contributed by atoms with E-state index >= 15 is 0 Å². The van der Waals surface area contributed by atoms with E-state index in [-0.39, 0.29) is 5.91 Å². The van der Waals surface area contributed by atoms with Gasteiger partial charge < -0.3 is 15.4 Å². The number of methoxy groups -OCH3 is 1. The number of nitrogen functional groups attached to an aromatic ring is 1. The summed E-state index contributed by atoms with van der Waals surface area (Å²) in [6.45, 7) is 0.395. The highest BCUT2D eigenvalue weighted by Crippen LogP contribution is 2.36. The van der Waals surface area contributed by atoms with E-state index < -0.39 is 0 Å². The smallest absolute Gasteiger partial charge is 0.265 e. The average Bonchev–Trinajstić information content (AvgIpc) is 2.80. The van der Waals surface area contributed by atoms with Crippen LogP contribution in [0.25, 0.3) is 10.1 Å². The van der Waals surface area contributed by atoms with Gasteiger partial charge >= 0.3 is 0 Å². The number of amides is 1. The maximum absolute atomic E-state index is 12.3. The van der Waals surface area contributed by atoms with E-state index in [1.165, 1.54) is 16.2 Å². The van der Waals surface area contributed by atoms with Crippen molar-refractivity contribution >= 4 is 33.0 Å². The molecule has 0 aliphatic carbocycles. The third-order valence-corrected chi connectivity index (χ3v) is 4.19. The molecule has 2 N–H and O–H groups in total. The van der Waals surface area contributed by atoms with Crippen LogP contribution >= 0.6 is 11.3 Å². The van der Waals surface area contributed by atoms with E-state index in [1.807, 2.05) is 24.3 Å². The van der Waals surface area contributed by atoms with Gasteiger partial charge in [-0.3, -0.25) is 4.79 Å². The van der Waals surface area contributed by atoms with Crippen LogP contribution in [0, 0.1) is 11.3 Å². The number of hydrogen-bond acceptors (Lipinski definition) is 5. The molecule has 0 unspecified atom stereocenters. The van der Waals surface area contributed by atoms with Crippen LogP contribution in [0.4, 0.5) is 5.69 Å². The van der Waals surface area contributed by atoms with Gasteiger partial charge in [0.25, 0.3) is 5.91 Å². The maximum atomic E-state index is 12.3. The van der Waals surface area contributed by atoms with Crippen LogP contribution in [0.1, 0.15) is 16.1 Å². The molecule has 2 rings (SSSR count). The van der Waals surface area contributed by atoms with Crippen molar-refractivity contribution in [3.63, 3.8) is 0 Å². The summed E-state index contributed by atoms with van der Waals surface area (Å²) in [7, 11) is 3.27. The van der Waals surface area contributed by atoms with Crippen LogP contribution in [0.5, 0.6) is 5.75 Å². The number of carbonyl (C=O) groups excluding carboxylic acids is 1. The van der Waals surface area contributed by atoms with Crippen molar-refractivity contribution < 1.29 is 9.53 Å². The third kappa shape index (κ3) is 2.53. The molecular formula is C14H15N3O2S. The fourth-order valence-corrected chi connectivity index (χ4v) is 3.02. The number of hydrogen-bond donors (Lipinski definition) is 1.